The summed E-state index contributed by atoms with van der Waals surface area (Å²) in [6, 6.07) is 0. The van der Waals surface area contributed by atoms with Crippen molar-refractivity contribution in [1.82, 2.24) is 0 Å². The summed E-state index contributed by atoms with van der Waals surface area (Å²) in [5.74, 6) is -0.856. The Labute approximate surface area is 462 Å². The molecule has 6 heteroatoms. The second-order valence-corrected chi connectivity index (χ2v) is 22.7. The quantitative estimate of drug-likeness (QED) is 0.0261. The van der Waals surface area contributed by atoms with Crippen molar-refractivity contribution in [3.05, 3.63) is 24.3 Å². The molecule has 0 aromatic carbocycles. The Balaban J connectivity index is 4.26. The Morgan fingerprint density at radius 1 is 0.257 bits per heavy atom. The van der Waals surface area contributed by atoms with Crippen LogP contribution in [0, 0.1) is 0 Å². The summed E-state index contributed by atoms with van der Waals surface area (Å²) in [6.45, 7) is 6.69. The highest BCUT2D eigenvalue weighted by Crippen LogP contribution is 2.18. The molecule has 1 atom stereocenters. The molecule has 0 spiro atoms. The van der Waals surface area contributed by atoms with Crippen LogP contribution in [-0.4, -0.2) is 37.2 Å². The predicted molar refractivity (Wildman–Crippen MR) is 321 cm³/mol. The van der Waals surface area contributed by atoms with Crippen molar-refractivity contribution in [1.29, 1.82) is 0 Å². The van der Waals surface area contributed by atoms with Crippen molar-refractivity contribution in [2.24, 2.45) is 0 Å². The summed E-state index contributed by atoms with van der Waals surface area (Å²) in [5.41, 5.74) is 0. The van der Waals surface area contributed by atoms with Crippen LogP contribution in [-0.2, 0) is 28.6 Å². The monoisotopic (exact) mass is 1040 g/mol. The summed E-state index contributed by atoms with van der Waals surface area (Å²) < 4.78 is 17.0. The molecule has 0 fully saturated rings. The summed E-state index contributed by atoms with van der Waals surface area (Å²) in [5, 5.41) is 0. The molecular formula is C68H128O6. The topological polar surface area (TPSA) is 78.9 Å². The van der Waals surface area contributed by atoms with E-state index in [0.29, 0.717) is 19.3 Å². The van der Waals surface area contributed by atoms with Crippen LogP contribution < -0.4 is 0 Å². The predicted octanol–water partition coefficient (Wildman–Crippen LogP) is 22.6. The number of carbonyl (C=O) groups excluding carboxylic acids is 3. The molecule has 0 amide bonds. The SMILES string of the molecule is CCCCCCCC/C=C\CCCCCCCCCC(=O)OC(COC(=O)CCCCCCC/C=C\CCCCCCCC)COC(=O)CCCCCCCCCCCCCCCCCCCCCCCCCC. The average molecular weight is 1040 g/mol. The normalized spacial score (nSPS) is 12.1. The molecule has 0 rings (SSSR count). The van der Waals surface area contributed by atoms with Crippen LogP contribution in [0.3, 0.4) is 0 Å². The van der Waals surface area contributed by atoms with E-state index in [4.69, 9.17) is 14.2 Å². The Morgan fingerprint density at radius 2 is 0.446 bits per heavy atom. The molecule has 0 heterocycles. The van der Waals surface area contributed by atoms with E-state index in [1.807, 2.05) is 0 Å². The average Bonchev–Trinajstić information content (AvgIpc) is 3.40. The molecule has 1 unspecified atom stereocenters. The molecule has 0 bridgehead atoms. The maximum atomic E-state index is 12.9. The highest BCUT2D eigenvalue weighted by molar-refractivity contribution is 5.71. The number of ether oxygens (including phenoxy) is 3. The Kier molecular flexibility index (Phi) is 61.6. The van der Waals surface area contributed by atoms with Crippen molar-refractivity contribution < 1.29 is 28.6 Å². The van der Waals surface area contributed by atoms with Gasteiger partial charge in [-0.1, -0.05) is 308 Å². The lowest BCUT2D eigenvalue weighted by atomic mass is 10.0. The van der Waals surface area contributed by atoms with Gasteiger partial charge >= 0.3 is 17.9 Å². The van der Waals surface area contributed by atoms with Crippen LogP contribution in [0.25, 0.3) is 0 Å². The summed E-state index contributed by atoms with van der Waals surface area (Å²) in [6.07, 6.45) is 76.2. The lowest BCUT2D eigenvalue weighted by Crippen LogP contribution is -2.30. The van der Waals surface area contributed by atoms with Gasteiger partial charge in [0.15, 0.2) is 6.10 Å². The Bertz CT molecular complexity index is 1190. The van der Waals surface area contributed by atoms with Gasteiger partial charge in [-0.2, -0.15) is 0 Å². The van der Waals surface area contributed by atoms with Crippen molar-refractivity contribution in [3.8, 4) is 0 Å². The molecule has 0 saturated heterocycles. The zero-order valence-corrected chi connectivity index (χ0v) is 50.1. The number of hydrogen-bond acceptors (Lipinski definition) is 6. The van der Waals surface area contributed by atoms with Crippen LogP contribution in [0.1, 0.15) is 374 Å². The van der Waals surface area contributed by atoms with E-state index in [1.54, 1.807) is 0 Å². The molecule has 0 N–H and O–H groups in total. The van der Waals surface area contributed by atoms with E-state index in [1.165, 1.54) is 270 Å². The first-order valence-electron chi connectivity index (χ1n) is 33.3. The minimum Gasteiger partial charge on any atom is -0.462 e. The standard InChI is InChI=1S/C68H128O6/c1-4-7-10-13-16-19-22-25-28-30-31-32-33-34-35-36-38-40-43-46-49-52-55-58-61-67(70)73-64-65(63-72-66(69)60-57-54-51-48-45-42-39-27-24-21-18-15-12-9-6-3)74-68(71)62-59-56-53-50-47-44-41-37-29-26-23-20-17-14-11-8-5-2/h26-27,29,39,65H,4-25,28,30-38,40-64H2,1-3H3/b29-26-,39-27-. The first-order valence-corrected chi connectivity index (χ1v) is 33.3. The summed E-state index contributed by atoms with van der Waals surface area (Å²) in [7, 11) is 0. The first kappa shape index (κ1) is 71.9. The molecule has 0 aromatic rings. The Hall–Kier alpha value is -2.11. The molecule has 436 valence electrons. The second-order valence-electron chi connectivity index (χ2n) is 22.7. The van der Waals surface area contributed by atoms with Crippen LogP contribution >= 0.6 is 0 Å². The molecular weight excluding hydrogens is 913 g/mol. The van der Waals surface area contributed by atoms with E-state index in [-0.39, 0.29) is 31.1 Å². The van der Waals surface area contributed by atoms with Gasteiger partial charge in [-0.05, 0) is 70.6 Å². The highest BCUT2D eigenvalue weighted by atomic mass is 16.6. The van der Waals surface area contributed by atoms with Crippen molar-refractivity contribution in [2.75, 3.05) is 13.2 Å². The molecule has 0 saturated carbocycles. The van der Waals surface area contributed by atoms with Crippen molar-refractivity contribution >= 4 is 17.9 Å². The maximum Gasteiger partial charge on any atom is 0.306 e. The fourth-order valence-electron chi connectivity index (χ4n) is 10.1. The lowest BCUT2D eigenvalue weighted by molar-refractivity contribution is -0.167. The van der Waals surface area contributed by atoms with Gasteiger partial charge in [0, 0.05) is 19.3 Å². The third-order valence-electron chi connectivity index (χ3n) is 15.2. The number of allylic oxidation sites excluding steroid dienone is 4. The number of unbranched alkanes of at least 4 members (excludes halogenated alkanes) is 47. The molecule has 0 aliphatic heterocycles. The molecule has 0 aromatic heterocycles. The van der Waals surface area contributed by atoms with Gasteiger partial charge in [-0.3, -0.25) is 14.4 Å². The van der Waals surface area contributed by atoms with Crippen LogP contribution in [0.15, 0.2) is 24.3 Å². The fraction of sp³-hybridized carbons (Fsp3) is 0.897. The van der Waals surface area contributed by atoms with E-state index < -0.39 is 6.10 Å². The zero-order chi connectivity index (χ0) is 53.6. The van der Waals surface area contributed by atoms with Gasteiger partial charge < -0.3 is 14.2 Å². The minimum absolute atomic E-state index is 0.0705. The van der Waals surface area contributed by atoms with Crippen molar-refractivity contribution in [3.63, 3.8) is 0 Å². The molecule has 0 radical (unpaired) electrons. The lowest BCUT2D eigenvalue weighted by Gasteiger charge is -2.18. The van der Waals surface area contributed by atoms with Gasteiger partial charge in [0.25, 0.3) is 0 Å². The molecule has 0 aliphatic carbocycles. The van der Waals surface area contributed by atoms with Gasteiger partial charge in [-0.25, -0.2) is 0 Å². The highest BCUT2D eigenvalue weighted by Gasteiger charge is 2.19. The largest absolute Gasteiger partial charge is 0.462 e. The van der Waals surface area contributed by atoms with Crippen LogP contribution in [0.4, 0.5) is 0 Å². The van der Waals surface area contributed by atoms with Gasteiger partial charge in [-0.15, -0.1) is 0 Å². The van der Waals surface area contributed by atoms with Crippen molar-refractivity contribution in [2.45, 2.75) is 380 Å². The zero-order valence-electron chi connectivity index (χ0n) is 50.1. The van der Waals surface area contributed by atoms with Crippen LogP contribution in [0.5, 0.6) is 0 Å². The fourth-order valence-corrected chi connectivity index (χ4v) is 10.1. The summed E-state index contributed by atoms with van der Waals surface area (Å²) in [4.78, 5) is 38.3. The molecule has 74 heavy (non-hydrogen) atoms. The molecule has 0 aliphatic rings. The smallest absolute Gasteiger partial charge is 0.306 e. The van der Waals surface area contributed by atoms with E-state index in [0.717, 1.165) is 64.2 Å². The molecule has 6 nitrogen and oxygen atoms in total. The third-order valence-corrected chi connectivity index (χ3v) is 15.2. The number of esters is 3. The Morgan fingerprint density at radius 3 is 0.676 bits per heavy atom. The van der Waals surface area contributed by atoms with Gasteiger partial charge in [0.05, 0.1) is 0 Å². The van der Waals surface area contributed by atoms with E-state index >= 15 is 0 Å². The second kappa shape index (κ2) is 63.4. The van der Waals surface area contributed by atoms with Gasteiger partial charge in [0.1, 0.15) is 13.2 Å². The number of rotatable bonds is 62. The van der Waals surface area contributed by atoms with Crippen LogP contribution in [0.2, 0.25) is 0 Å². The first-order chi connectivity index (χ1) is 36.5. The third kappa shape index (κ3) is 60.8. The minimum atomic E-state index is -0.774. The maximum absolute atomic E-state index is 12.9. The number of hydrogen-bond donors (Lipinski definition) is 0. The number of carbonyl (C=O) groups is 3. The summed E-state index contributed by atoms with van der Waals surface area (Å²) >= 11 is 0. The van der Waals surface area contributed by atoms with E-state index in [9.17, 15) is 14.4 Å². The van der Waals surface area contributed by atoms with E-state index in [2.05, 4.69) is 45.1 Å². The van der Waals surface area contributed by atoms with Gasteiger partial charge in [0.2, 0.25) is 0 Å².